The lowest BCUT2D eigenvalue weighted by atomic mass is 10.1. The number of hydrogen-bond donors (Lipinski definition) is 1. The first-order valence-corrected chi connectivity index (χ1v) is 7.49. The minimum Gasteiger partial charge on any atom is -0.481 e. The van der Waals surface area contributed by atoms with Gasteiger partial charge in [0.2, 0.25) is 0 Å². The van der Waals surface area contributed by atoms with Crippen LogP contribution in [0.4, 0.5) is 0 Å². The van der Waals surface area contributed by atoms with Crippen molar-refractivity contribution in [1.82, 2.24) is 25.1 Å². The molecule has 21 heavy (non-hydrogen) atoms. The molecular formula is C13H23N5O3. The largest absolute Gasteiger partial charge is 0.481 e. The van der Waals surface area contributed by atoms with Crippen molar-refractivity contribution in [3.63, 3.8) is 0 Å². The molecule has 0 aromatic carbocycles. The van der Waals surface area contributed by atoms with Gasteiger partial charge in [-0.1, -0.05) is 6.92 Å². The van der Waals surface area contributed by atoms with E-state index in [2.05, 4.69) is 27.3 Å². The van der Waals surface area contributed by atoms with Gasteiger partial charge in [0.25, 0.3) is 0 Å². The Balaban J connectivity index is 1.71. The van der Waals surface area contributed by atoms with Crippen LogP contribution in [0.2, 0.25) is 0 Å². The number of piperidine rings is 1. The van der Waals surface area contributed by atoms with Gasteiger partial charge in [-0.05, 0) is 29.7 Å². The van der Waals surface area contributed by atoms with Crippen LogP contribution in [-0.2, 0) is 22.6 Å². The Morgan fingerprint density at radius 1 is 1.43 bits per heavy atom. The first-order valence-electron chi connectivity index (χ1n) is 7.49. The summed E-state index contributed by atoms with van der Waals surface area (Å²) in [6, 6.07) is 0. The fourth-order valence-corrected chi connectivity index (χ4v) is 2.47. The number of hydrogen-bond acceptors (Lipinski definition) is 6. The fourth-order valence-electron chi connectivity index (χ4n) is 2.47. The third-order valence-electron chi connectivity index (χ3n) is 3.61. The molecular weight excluding hydrogens is 274 g/mol. The molecule has 0 amide bonds. The second kappa shape index (κ2) is 8.04. The predicted molar refractivity (Wildman–Crippen MR) is 74.6 cm³/mol. The summed E-state index contributed by atoms with van der Waals surface area (Å²) in [7, 11) is 0. The molecule has 1 aliphatic rings. The minimum absolute atomic E-state index is 0.0754. The number of rotatable bonds is 8. The summed E-state index contributed by atoms with van der Waals surface area (Å²) in [4.78, 5) is 12.8. The van der Waals surface area contributed by atoms with Gasteiger partial charge in [-0.2, -0.15) is 0 Å². The highest BCUT2D eigenvalue weighted by atomic mass is 16.5. The van der Waals surface area contributed by atoms with Crippen LogP contribution in [0, 0.1) is 0 Å². The van der Waals surface area contributed by atoms with Crippen LogP contribution < -0.4 is 0 Å². The Labute approximate surface area is 124 Å². The van der Waals surface area contributed by atoms with Crippen molar-refractivity contribution in [3.05, 3.63) is 5.82 Å². The van der Waals surface area contributed by atoms with Crippen LogP contribution in [0.1, 0.15) is 38.4 Å². The van der Waals surface area contributed by atoms with Crippen molar-refractivity contribution in [2.24, 2.45) is 0 Å². The third kappa shape index (κ3) is 5.05. The van der Waals surface area contributed by atoms with Crippen LogP contribution in [0.15, 0.2) is 0 Å². The summed E-state index contributed by atoms with van der Waals surface area (Å²) in [6.07, 6.45) is 3.11. The molecule has 0 aliphatic carbocycles. The molecule has 1 aromatic rings. The molecule has 2 heterocycles. The Morgan fingerprint density at radius 3 is 2.86 bits per heavy atom. The van der Waals surface area contributed by atoms with Gasteiger partial charge in [0.1, 0.15) is 0 Å². The monoisotopic (exact) mass is 297 g/mol. The highest BCUT2D eigenvalue weighted by Crippen LogP contribution is 2.15. The molecule has 8 nitrogen and oxygen atoms in total. The van der Waals surface area contributed by atoms with Crippen molar-refractivity contribution >= 4 is 5.97 Å². The first-order chi connectivity index (χ1) is 10.2. The Bertz CT molecular complexity index is 443. The van der Waals surface area contributed by atoms with E-state index in [9.17, 15) is 4.79 Å². The molecule has 1 saturated heterocycles. The number of aryl methyl sites for hydroxylation is 1. The summed E-state index contributed by atoms with van der Waals surface area (Å²) < 4.78 is 7.44. The zero-order valence-corrected chi connectivity index (χ0v) is 12.4. The summed E-state index contributed by atoms with van der Waals surface area (Å²) in [5.74, 6) is 0.0947. The molecule has 0 atom stereocenters. The maximum atomic E-state index is 10.4. The quantitative estimate of drug-likeness (QED) is 0.748. The first kappa shape index (κ1) is 15.8. The smallest absolute Gasteiger partial charge is 0.305 e. The number of nitrogens with zero attached hydrogens (tertiary/aromatic N) is 5. The Hall–Kier alpha value is -1.54. The van der Waals surface area contributed by atoms with E-state index in [4.69, 9.17) is 9.84 Å². The molecule has 1 N–H and O–H groups in total. The van der Waals surface area contributed by atoms with E-state index in [1.807, 2.05) is 4.68 Å². The zero-order chi connectivity index (χ0) is 15.1. The molecule has 1 fully saturated rings. The van der Waals surface area contributed by atoms with Gasteiger partial charge in [0, 0.05) is 19.6 Å². The topological polar surface area (TPSA) is 93.4 Å². The average molecular weight is 297 g/mol. The molecule has 8 heteroatoms. The highest BCUT2D eigenvalue weighted by Gasteiger charge is 2.21. The molecule has 0 spiro atoms. The normalized spacial score (nSPS) is 17.2. The Kier molecular flexibility index (Phi) is 6.06. The Morgan fingerprint density at radius 2 is 2.19 bits per heavy atom. The van der Waals surface area contributed by atoms with E-state index < -0.39 is 5.97 Å². The minimum atomic E-state index is -0.810. The van der Waals surface area contributed by atoms with Gasteiger partial charge >= 0.3 is 5.97 Å². The van der Waals surface area contributed by atoms with E-state index in [-0.39, 0.29) is 12.5 Å². The van der Waals surface area contributed by atoms with E-state index in [0.717, 1.165) is 51.3 Å². The number of carboxylic acids is 1. The van der Waals surface area contributed by atoms with Crippen molar-refractivity contribution in [1.29, 1.82) is 0 Å². The molecule has 0 radical (unpaired) electrons. The number of likely N-dealkylation sites (tertiary alicyclic amines) is 1. The molecule has 1 aliphatic heterocycles. The molecule has 0 unspecified atom stereocenters. The van der Waals surface area contributed by atoms with Crippen LogP contribution >= 0.6 is 0 Å². The van der Waals surface area contributed by atoms with Gasteiger partial charge in [-0.15, -0.1) is 5.10 Å². The fraction of sp³-hybridized carbons (Fsp3) is 0.846. The molecule has 0 bridgehead atoms. The number of tetrazole rings is 1. The van der Waals surface area contributed by atoms with Gasteiger partial charge in [-0.25, -0.2) is 4.68 Å². The summed E-state index contributed by atoms with van der Waals surface area (Å²) in [5.41, 5.74) is 0. The SMILES string of the molecule is CCCn1nnnc1CN1CCC(OCCC(=O)O)CC1. The zero-order valence-electron chi connectivity index (χ0n) is 12.4. The van der Waals surface area contributed by atoms with Gasteiger partial charge in [0.15, 0.2) is 5.82 Å². The van der Waals surface area contributed by atoms with Crippen molar-refractivity contribution < 1.29 is 14.6 Å². The van der Waals surface area contributed by atoms with Gasteiger partial charge < -0.3 is 9.84 Å². The predicted octanol–water partition coefficient (Wildman–Crippen LogP) is 0.539. The third-order valence-corrected chi connectivity index (χ3v) is 3.61. The van der Waals surface area contributed by atoms with E-state index in [1.54, 1.807) is 0 Å². The lowest BCUT2D eigenvalue weighted by Crippen LogP contribution is -2.37. The van der Waals surface area contributed by atoms with E-state index in [0.29, 0.717) is 6.61 Å². The maximum absolute atomic E-state index is 10.4. The highest BCUT2D eigenvalue weighted by molar-refractivity contribution is 5.66. The maximum Gasteiger partial charge on any atom is 0.305 e. The molecule has 0 saturated carbocycles. The second-order valence-corrected chi connectivity index (χ2v) is 5.31. The van der Waals surface area contributed by atoms with Crippen molar-refractivity contribution in [2.75, 3.05) is 19.7 Å². The second-order valence-electron chi connectivity index (χ2n) is 5.31. The average Bonchev–Trinajstić information content (AvgIpc) is 2.88. The van der Waals surface area contributed by atoms with E-state index >= 15 is 0 Å². The van der Waals surface area contributed by atoms with Crippen molar-refractivity contribution in [2.45, 2.75) is 51.8 Å². The van der Waals surface area contributed by atoms with Gasteiger partial charge in [-0.3, -0.25) is 9.69 Å². The van der Waals surface area contributed by atoms with Crippen molar-refractivity contribution in [3.8, 4) is 0 Å². The standard InChI is InChI=1S/C13H23N5O3/c1-2-6-18-12(14-15-16-18)10-17-7-3-11(4-8-17)21-9-5-13(19)20/h11H,2-10H2,1H3,(H,19,20). The summed E-state index contributed by atoms with van der Waals surface area (Å²) >= 11 is 0. The molecule has 118 valence electrons. The lowest BCUT2D eigenvalue weighted by Gasteiger charge is -2.31. The van der Waals surface area contributed by atoms with Crippen LogP contribution in [0.25, 0.3) is 0 Å². The summed E-state index contributed by atoms with van der Waals surface area (Å²) in [5, 5.41) is 20.4. The number of carboxylic acid groups (broad SMARTS) is 1. The number of carbonyl (C=O) groups is 1. The lowest BCUT2D eigenvalue weighted by molar-refractivity contribution is -0.138. The molecule has 1 aromatic heterocycles. The van der Waals surface area contributed by atoms with Crippen LogP contribution in [-0.4, -0.2) is 62.0 Å². The van der Waals surface area contributed by atoms with Gasteiger partial charge in [0.05, 0.1) is 25.7 Å². The number of ether oxygens (including phenoxy) is 1. The molecule has 2 rings (SSSR count). The number of aromatic nitrogens is 4. The van der Waals surface area contributed by atoms with Crippen LogP contribution in [0.3, 0.4) is 0 Å². The number of aliphatic carboxylic acids is 1. The van der Waals surface area contributed by atoms with Crippen LogP contribution in [0.5, 0.6) is 0 Å². The summed E-state index contributed by atoms with van der Waals surface area (Å²) in [6.45, 7) is 5.86. The van der Waals surface area contributed by atoms with E-state index in [1.165, 1.54) is 0 Å².